The van der Waals surface area contributed by atoms with Gasteiger partial charge in [0.15, 0.2) is 0 Å². The smallest absolute Gasteiger partial charge is 0 e. The first-order valence-electron chi connectivity index (χ1n) is 0.783. The van der Waals surface area contributed by atoms with Crippen molar-refractivity contribution in [3.63, 3.8) is 0 Å². The molecule has 0 saturated carbocycles. The standard InChI is InChI=1S/Na.H3O4P.Pr.H/c;1-5(2,3)4;;/h;(H3,1,2,3,4);;. The zero-order valence-corrected chi connectivity index (χ0v) is 7.37. The molecule has 0 aromatic rings. The molecular formula is H4NaO4PPr. The molecular weight excluding hydrogens is 259 g/mol. The van der Waals surface area contributed by atoms with Gasteiger partial charge in [0.1, 0.15) is 0 Å². The van der Waals surface area contributed by atoms with Gasteiger partial charge in [-0.2, -0.15) is 0 Å². The van der Waals surface area contributed by atoms with E-state index in [2.05, 4.69) is 0 Å². The average molecular weight is 263 g/mol. The predicted octanol–water partition coefficient (Wildman–Crippen LogP) is -1.58. The van der Waals surface area contributed by atoms with E-state index < -0.39 is 7.82 Å². The molecule has 0 aliphatic rings. The van der Waals surface area contributed by atoms with Crippen LogP contribution in [0.1, 0.15) is 0 Å². The van der Waals surface area contributed by atoms with E-state index in [1.807, 2.05) is 0 Å². The van der Waals surface area contributed by atoms with Crippen molar-refractivity contribution in [3.8, 4) is 0 Å². The van der Waals surface area contributed by atoms with Crippen molar-refractivity contribution in [2.24, 2.45) is 0 Å². The van der Waals surface area contributed by atoms with E-state index in [-0.39, 0.29) is 70.8 Å². The van der Waals surface area contributed by atoms with Gasteiger partial charge >= 0.3 is 37.4 Å². The molecule has 0 amide bonds. The van der Waals surface area contributed by atoms with Gasteiger partial charge in [-0.05, 0) is 0 Å². The number of phosphoric acid groups is 1. The van der Waals surface area contributed by atoms with Gasteiger partial charge in [0, 0.05) is 41.3 Å². The molecule has 0 rings (SSSR count). The third-order valence-electron chi connectivity index (χ3n) is 0. The Hall–Kier alpha value is 2.47. The molecule has 37 valence electrons. The fraction of sp³-hybridized carbons (Fsp3) is 0. The molecule has 0 bridgehead atoms. The first-order valence-corrected chi connectivity index (χ1v) is 2.35. The Balaban J connectivity index is -0.0000000800. The molecule has 0 fully saturated rings. The second kappa shape index (κ2) is 6.59. The third-order valence-corrected chi connectivity index (χ3v) is 0. The van der Waals surface area contributed by atoms with E-state index in [1.165, 1.54) is 0 Å². The molecule has 0 aliphatic carbocycles. The molecule has 0 aromatic carbocycles. The van der Waals surface area contributed by atoms with E-state index >= 15 is 0 Å². The molecule has 0 aliphatic heterocycles. The minimum absolute atomic E-state index is 0. The maximum atomic E-state index is 8.88. The predicted molar refractivity (Wildman–Crippen MR) is 21.4 cm³/mol. The molecule has 0 atom stereocenters. The second-order valence-corrected chi connectivity index (χ2v) is 1.54. The first-order chi connectivity index (χ1) is 2.00. The van der Waals surface area contributed by atoms with E-state index in [4.69, 9.17) is 19.2 Å². The molecule has 0 unspecified atom stereocenters. The zero-order chi connectivity index (χ0) is 4.50. The summed E-state index contributed by atoms with van der Waals surface area (Å²) in [7, 11) is -4.64. The monoisotopic (exact) mass is 263 g/mol. The second-order valence-electron chi connectivity index (χ2n) is 0.513. The molecule has 0 heterocycles. The van der Waals surface area contributed by atoms with Crippen LogP contribution in [0, 0.1) is 41.3 Å². The Labute approximate surface area is 96.2 Å². The summed E-state index contributed by atoms with van der Waals surface area (Å²) in [6.07, 6.45) is 0. The van der Waals surface area contributed by atoms with Crippen LogP contribution in [-0.2, 0) is 4.57 Å². The maximum Gasteiger partial charge on any atom is 0 e. The summed E-state index contributed by atoms with van der Waals surface area (Å²) in [5.41, 5.74) is 0. The molecule has 3 N–H and O–H groups in total. The van der Waals surface area contributed by atoms with Crippen LogP contribution in [0.4, 0.5) is 0 Å². The molecule has 1 radical (unpaired) electrons. The van der Waals surface area contributed by atoms with Gasteiger partial charge in [-0.3, -0.25) is 0 Å². The summed E-state index contributed by atoms with van der Waals surface area (Å²) in [6, 6.07) is 0. The summed E-state index contributed by atoms with van der Waals surface area (Å²) < 4.78 is 8.88. The van der Waals surface area contributed by atoms with Crippen LogP contribution < -0.4 is 0 Å². The third kappa shape index (κ3) is 58.0. The van der Waals surface area contributed by atoms with E-state index in [0.29, 0.717) is 0 Å². The van der Waals surface area contributed by atoms with Crippen molar-refractivity contribution in [1.82, 2.24) is 0 Å². The van der Waals surface area contributed by atoms with Gasteiger partial charge in [0.05, 0.1) is 0 Å². The molecule has 0 saturated heterocycles. The van der Waals surface area contributed by atoms with Gasteiger partial charge in [0.25, 0.3) is 0 Å². The Morgan fingerprint density at radius 3 is 1.14 bits per heavy atom. The summed E-state index contributed by atoms with van der Waals surface area (Å²) >= 11 is 0. The number of hydrogen-bond donors (Lipinski definition) is 3. The van der Waals surface area contributed by atoms with Crippen molar-refractivity contribution in [2.45, 2.75) is 0 Å². The van der Waals surface area contributed by atoms with Crippen molar-refractivity contribution < 1.29 is 60.5 Å². The normalized spacial score (nSPS) is 8.43. The molecule has 7 heavy (non-hydrogen) atoms. The minimum Gasteiger partial charge on any atom is 0 e. The van der Waals surface area contributed by atoms with Crippen LogP contribution in [0.5, 0.6) is 0 Å². The van der Waals surface area contributed by atoms with Crippen LogP contribution in [0.2, 0.25) is 0 Å². The summed E-state index contributed by atoms with van der Waals surface area (Å²) in [4.78, 5) is 21.6. The van der Waals surface area contributed by atoms with Gasteiger partial charge in [-0.15, -0.1) is 0 Å². The summed E-state index contributed by atoms with van der Waals surface area (Å²) in [5.74, 6) is 0. The van der Waals surface area contributed by atoms with Crippen LogP contribution in [-0.4, -0.2) is 44.2 Å². The van der Waals surface area contributed by atoms with Gasteiger partial charge < -0.3 is 14.7 Å². The Morgan fingerprint density at radius 1 is 1.14 bits per heavy atom. The van der Waals surface area contributed by atoms with Crippen LogP contribution >= 0.6 is 7.82 Å². The minimum atomic E-state index is -4.64. The Morgan fingerprint density at radius 2 is 1.14 bits per heavy atom. The van der Waals surface area contributed by atoms with Gasteiger partial charge in [-0.25, -0.2) is 4.57 Å². The number of rotatable bonds is 0. The van der Waals surface area contributed by atoms with Crippen LogP contribution in [0.3, 0.4) is 0 Å². The Bertz CT molecular complexity index is 57.8. The van der Waals surface area contributed by atoms with Crippen LogP contribution in [0.25, 0.3) is 0 Å². The van der Waals surface area contributed by atoms with Gasteiger partial charge in [0.2, 0.25) is 0 Å². The Kier molecular flexibility index (Phi) is 15.3. The topological polar surface area (TPSA) is 77.8 Å². The first kappa shape index (κ1) is 16.2. The van der Waals surface area contributed by atoms with Crippen molar-refractivity contribution in [1.29, 1.82) is 0 Å². The SMILES string of the molecule is O=P(O)(O)O.[NaH].[Pr]. The average Bonchev–Trinajstić information content (AvgIpc) is 0.722. The molecule has 7 heteroatoms. The van der Waals surface area contributed by atoms with E-state index in [9.17, 15) is 0 Å². The molecule has 0 aromatic heterocycles. The van der Waals surface area contributed by atoms with Gasteiger partial charge in [-0.1, -0.05) is 0 Å². The summed E-state index contributed by atoms with van der Waals surface area (Å²) in [5, 5.41) is 0. The van der Waals surface area contributed by atoms with E-state index in [1.54, 1.807) is 0 Å². The molecule has 4 nitrogen and oxygen atoms in total. The fourth-order valence-electron chi connectivity index (χ4n) is 0. The maximum absolute atomic E-state index is 8.88. The van der Waals surface area contributed by atoms with Crippen LogP contribution in [0.15, 0.2) is 0 Å². The number of hydrogen-bond acceptors (Lipinski definition) is 1. The van der Waals surface area contributed by atoms with Crippen molar-refractivity contribution >= 4 is 37.4 Å². The fourth-order valence-corrected chi connectivity index (χ4v) is 0. The zero-order valence-electron chi connectivity index (χ0n) is 2.77. The summed E-state index contributed by atoms with van der Waals surface area (Å²) in [6.45, 7) is 0. The van der Waals surface area contributed by atoms with Crippen molar-refractivity contribution in [2.75, 3.05) is 0 Å². The largest absolute Gasteiger partial charge is 0 e. The molecule has 0 spiro atoms. The quantitative estimate of drug-likeness (QED) is 0.364. The van der Waals surface area contributed by atoms with Crippen molar-refractivity contribution in [3.05, 3.63) is 0 Å². The van der Waals surface area contributed by atoms with E-state index in [0.717, 1.165) is 0 Å².